The molecule has 0 saturated heterocycles. The topological polar surface area (TPSA) is 40.5 Å². The Kier molecular flexibility index (Phi) is 3.56. The maximum atomic E-state index is 10.1. The smallest absolute Gasteiger partial charge is 0.123 e. The van der Waals surface area contributed by atoms with Gasteiger partial charge in [-0.05, 0) is 47.7 Å². The molecule has 2 aromatic rings. The molecule has 0 saturated carbocycles. The van der Waals surface area contributed by atoms with Crippen LogP contribution in [0.5, 0.6) is 11.5 Å². The number of benzene rings is 2. The van der Waals surface area contributed by atoms with Gasteiger partial charge in [0.05, 0.1) is 0 Å². The van der Waals surface area contributed by atoms with Gasteiger partial charge in [-0.15, -0.1) is 0 Å². The molecule has 2 N–H and O–H groups in total. The minimum Gasteiger partial charge on any atom is -0.508 e. The Balaban J connectivity index is 2.69. The molecule has 0 aliphatic carbocycles. The number of hydrogen-bond acceptors (Lipinski definition) is 2. The second kappa shape index (κ2) is 5.13. The maximum absolute atomic E-state index is 10.1. The molecule has 2 rings (SSSR count). The molecule has 0 bridgehead atoms. The first-order valence-corrected chi connectivity index (χ1v) is 6.30. The summed E-state index contributed by atoms with van der Waals surface area (Å²) in [6.45, 7) is 4.19. The first-order valence-electron chi connectivity index (χ1n) is 6.30. The Morgan fingerprint density at radius 2 is 1.72 bits per heavy atom. The Bertz CT molecular complexity index is 559. The normalized spacial score (nSPS) is 10.6. The summed E-state index contributed by atoms with van der Waals surface area (Å²) in [7, 11) is 0. The van der Waals surface area contributed by atoms with Crippen molar-refractivity contribution in [1.29, 1.82) is 0 Å². The zero-order chi connectivity index (χ0) is 13.1. The van der Waals surface area contributed by atoms with Crippen LogP contribution in [0.2, 0.25) is 0 Å². The fourth-order valence-electron chi connectivity index (χ4n) is 2.40. The molecule has 0 fully saturated rings. The van der Waals surface area contributed by atoms with E-state index in [0.29, 0.717) is 0 Å². The predicted molar refractivity (Wildman–Crippen MR) is 74.0 cm³/mol. The van der Waals surface area contributed by atoms with Gasteiger partial charge in [-0.2, -0.15) is 0 Å². The molecule has 2 aromatic carbocycles. The van der Waals surface area contributed by atoms with Gasteiger partial charge in [0.25, 0.3) is 0 Å². The van der Waals surface area contributed by atoms with Crippen LogP contribution in [0, 0.1) is 0 Å². The highest BCUT2D eigenvalue weighted by Gasteiger charge is 2.13. The molecule has 18 heavy (non-hydrogen) atoms. The number of aromatic hydroxyl groups is 2. The Morgan fingerprint density at radius 1 is 0.944 bits per heavy atom. The SMILES string of the molecule is CCc1ccc(O)c(-c2cccc(O)c2)c1CC. The van der Waals surface area contributed by atoms with E-state index in [1.54, 1.807) is 24.3 Å². The van der Waals surface area contributed by atoms with Crippen molar-refractivity contribution in [1.82, 2.24) is 0 Å². The lowest BCUT2D eigenvalue weighted by Crippen LogP contribution is -1.95. The average molecular weight is 242 g/mol. The monoisotopic (exact) mass is 242 g/mol. The van der Waals surface area contributed by atoms with Crippen LogP contribution >= 0.6 is 0 Å². The van der Waals surface area contributed by atoms with E-state index in [9.17, 15) is 10.2 Å². The Hall–Kier alpha value is -1.96. The standard InChI is InChI=1S/C16H18O2/c1-3-11-8-9-15(18)16(14(11)4-2)12-6-5-7-13(17)10-12/h5-10,17-18H,3-4H2,1-2H3. The molecule has 0 heterocycles. The lowest BCUT2D eigenvalue weighted by atomic mass is 9.91. The van der Waals surface area contributed by atoms with Crippen LogP contribution < -0.4 is 0 Å². The largest absolute Gasteiger partial charge is 0.508 e. The van der Waals surface area contributed by atoms with Crippen LogP contribution in [-0.4, -0.2) is 10.2 Å². The van der Waals surface area contributed by atoms with E-state index >= 15 is 0 Å². The minimum absolute atomic E-state index is 0.218. The molecule has 0 atom stereocenters. The van der Waals surface area contributed by atoms with Gasteiger partial charge in [0.15, 0.2) is 0 Å². The fourth-order valence-corrected chi connectivity index (χ4v) is 2.40. The van der Waals surface area contributed by atoms with Crippen molar-refractivity contribution in [3.63, 3.8) is 0 Å². The molecule has 0 amide bonds. The molecule has 0 radical (unpaired) electrons. The fraction of sp³-hybridized carbons (Fsp3) is 0.250. The van der Waals surface area contributed by atoms with E-state index in [2.05, 4.69) is 13.8 Å². The predicted octanol–water partition coefficient (Wildman–Crippen LogP) is 3.89. The van der Waals surface area contributed by atoms with Crippen molar-refractivity contribution >= 4 is 0 Å². The van der Waals surface area contributed by atoms with Crippen molar-refractivity contribution in [2.75, 3.05) is 0 Å². The Labute approximate surface area is 108 Å². The van der Waals surface area contributed by atoms with Gasteiger partial charge in [-0.3, -0.25) is 0 Å². The third kappa shape index (κ3) is 2.19. The van der Waals surface area contributed by atoms with Gasteiger partial charge in [-0.25, -0.2) is 0 Å². The first-order chi connectivity index (χ1) is 8.67. The minimum atomic E-state index is 0.218. The van der Waals surface area contributed by atoms with Crippen molar-refractivity contribution in [3.05, 3.63) is 47.5 Å². The van der Waals surface area contributed by atoms with Gasteiger partial charge in [0, 0.05) is 5.56 Å². The number of aryl methyl sites for hydroxylation is 1. The molecule has 94 valence electrons. The van der Waals surface area contributed by atoms with E-state index in [1.165, 1.54) is 5.56 Å². The third-order valence-corrected chi connectivity index (χ3v) is 3.26. The Morgan fingerprint density at radius 3 is 2.33 bits per heavy atom. The first kappa shape index (κ1) is 12.5. The summed E-state index contributed by atoms with van der Waals surface area (Å²) in [5.74, 6) is 0.491. The number of rotatable bonds is 3. The molecule has 0 unspecified atom stereocenters. The van der Waals surface area contributed by atoms with E-state index in [1.807, 2.05) is 12.1 Å². The molecule has 0 aliphatic heterocycles. The quantitative estimate of drug-likeness (QED) is 0.857. The average Bonchev–Trinajstić information content (AvgIpc) is 2.38. The van der Waals surface area contributed by atoms with E-state index in [-0.39, 0.29) is 11.5 Å². The van der Waals surface area contributed by atoms with Crippen LogP contribution in [0.4, 0.5) is 0 Å². The molecular weight excluding hydrogens is 224 g/mol. The van der Waals surface area contributed by atoms with Gasteiger partial charge < -0.3 is 10.2 Å². The summed E-state index contributed by atoms with van der Waals surface area (Å²) in [6.07, 6.45) is 1.80. The van der Waals surface area contributed by atoms with Crippen LogP contribution in [0.25, 0.3) is 11.1 Å². The van der Waals surface area contributed by atoms with Crippen LogP contribution in [0.3, 0.4) is 0 Å². The number of phenols is 2. The van der Waals surface area contributed by atoms with Crippen LogP contribution in [-0.2, 0) is 12.8 Å². The molecule has 0 aromatic heterocycles. The molecule has 2 nitrogen and oxygen atoms in total. The van der Waals surface area contributed by atoms with Crippen molar-refractivity contribution < 1.29 is 10.2 Å². The lowest BCUT2D eigenvalue weighted by Gasteiger charge is -2.15. The van der Waals surface area contributed by atoms with Crippen molar-refractivity contribution in [3.8, 4) is 22.6 Å². The van der Waals surface area contributed by atoms with E-state index in [0.717, 1.165) is 29.5 Å². The summed E-state index contributed by atoms with van der Waals surface area (Å²) in [4.78, 5) is 0. The van der Waals surface area contributed by atoms with E-state index in [4.69, 9.17) is 0 Å². The molecule has 0 spiro atoms. The van der Waals surface area contributed by atoms with Gasteiger partial charge in [-0.1, -0.05) is 32.0 Å². The highest BCUT2D eigenvalue weighted by Crippen LogP contribution is 2.36. The summed E-state index contributed by atoms with van der Waals surface area (Å²) in [5, 5.41) is 19.7. The second-order valence-electron chi connectivity index (χ2n) is 4.35. The summed E-state index contributed by atoms with van der Waals surface area (Å²) < 4.78 is 0. The number of hydrogen-bond donors (Lipinski definition) is 2. The van der Waals surface area contributed by atoms with E-state index < -0.39 is 0 Å². The second-order valence-corrected chi connectivity index (χ2v) is 4.35. The van der Waals surface area contributed by atoms with Gasteiger partial charge >= 0.3 is 0 Å². The molecule has 0 aliphatic rings. The summed E-state index contributed by atoms with van der Waals surface area (Å²) >= 11 is 0. The van der Waals surface area contributed by atoms with Crippen LogP contribution in [0.1, 0.15) is 25.0 Å². The highest BCUT2D eigenvalue weighted by atomic mass is 16.3. The zero-order valence-electron chi connectivity index (χ0n) is 10.8. The summed E-state index contributed by atoms with van der Waals surface area (Å²) in [6, 6.07) is 10.7. The summed E-state index contributed by atoms with van der Waals surface area (Å²) in [5.41, 5.74) is 4.10. The van der Waals surface area contributed by atoms with Crippen molar-refractivity contribution in [2.24, 2.45) is 0 Å². The van der Waals surface area contributed by atoms with Crippen molar-refractivity contribution in [2.45, 2.75) is 26.7 Å². The zero-order valence-corrected chi connectivity index (χ0v) is 10.8. The van der Waals surface area contributed by atoms with Gasteiger partial charge in [0.1, 0.15) is 11.5 Å². The molecule has 2 heteroatoms. The maximum Gasteiger partial charge on any atom is 0.123 e. The van der Waals surface area contributed by atoms with Gasteiger partial charge in [0.2, 0.25) is 0 Å². The lowest BCUT2D eigenvalue weighted by molar-refractivity contribution is 0.474. The molecular formula is C16H18O2. The highest BCUT2D eigenvalue weighted by molar-refractivity contribution is 5.75. The van der Waals surface area contributed by atoms with Crippen LogP contribution in [0.15, 0.2) is 36.4 Å². The third-order valence-electron chi connectivity index (χ3n) is 3.26. The number of phenolic OH excluding ortho intramolecular Hbond substituents is 2.